The lowest BCUT2D eigenvalue weighted by Gasteiger charge is -2.12. The van der Waals surface area contributed by atoms with Crippen molar-refractivity contribution in [2.75, 3.05) is 0 Å². The van der Waals surface area contributed by atoms with Crippen molar-refractivity contribution in [3.63, 3.8) is 0 Å². The molecule has 112 valence electrons. The second kappa shape index (κ2) is 5.55. The van der Waals surface area contributed by atoms with Gasteiger partial charge in [-0.1, -0.05) is 6.92 Å². The monoisotopic (exact) mass is 295 g/mol. The first-order valence-corrected chi connectivity index (χ1v) is 7.24. The molecule has 22 heavy (non-hydrogen) atoms. The summed E-state index contributed by atoms with van der Waals surface area (Å²) in [6.07, 6.45) is 2.53. The first-order valence-electron chi connectivity index (χ1n) is 7.24. The van der Waals surface area contributed by atoms with Crippen LogP contribution in [0.5, 0.6) is 0 Å². The van der Waals surface area contributed by atoms with Gasteiger partial charge in [-0.3, -0.25) is 9.36 Å². The standard InChI is InChI=1S/C16H17N5O/c1-4-12-10-9-11(13-7-6-8-18-13)15(22)21(5-2)14(10)20-16(17-3)19-12/h6-9,18H,3-5H2,1-2H3. The summed E-state index contributed by atoms with van der Waals surface area (Å²) < 4.78 is 1.65. The smallest absolute Gasteiger partial charge is 0.261 e. The van der Waals surface area contributed by atoms with Crippen molar-refractivity contribution in [1.29, 1.82) is 0 Å². The van der Waals surface area contributed by atoms with Crippen LogP contribution in [0, 0.1) is 0 Å². The van der Waals surface area contributed by atoms with Crippen LogP contribution in [0.15, 0.2) is 34.2 Å². The van der Waals surface area contributed by atoms with Gasteiger partial charge in [0.25, 0.3) is 11.5 Å². The fraction of sp³-hybridized carbons (Fsp3) is 0.250. The summed E-state index contributed by atoms with van der Waals surface area (Å²) in [4.78, 5) is 28.4. The van der Waals surface area contributed by atoms with Crippen LogP contribution in [0.25, 0.3) is 22.3 Å². The molecule has 3 heterocycles. The van der Waals surface area contributed by atoms with E-state index < -0.39 is 0 Å². The molecule has 6 heteroatoms. The molecule has 0 atom stereocenters. The first-order chi connectivity index (χ1) is 10.7. The van der Waals surface area contributed by atoms with Crippen LogP contribution in [-0.4, -0.2) is 26.2 Å². The summed E-state index contributed by atoms with van der Waals surface area (Å²) >= 11 is 0. The van der Waals surface area contributed by atoms with Gasteiger partial charge in [-0.2, -0.15) is 4.98 Å². The lowest BCUT2D eigenvalue weighted by atomic mass is 10.1. The Bertz CT molecular complexity index is 893. The molecule has 3 rings (SSSR count). The Balaban J connectivity index is 2.46. The van der Waals surface area contributed by atoms with Gasteiger partial charge in [-0.05, 0) is 38.3 Å². The number of nitrogens with one attached hydrogen (secondary N) is 1. The molecule has 0 aliphatic carbocycles. The Hall–Kier alpha value is -2.76. The molecule has 0 fully saturated rings. The van der Waals surface area contributed by atoms with Crippen molar-refractivity contribution in [2.24, 2.45) is 4.99 Å². The van der Waals surface area contributed by atoms with Gasteiger partial charge in [0.05, 0.1) is 17.0 Å². The largest absolute Gasteiger partial charge is 0.361 e. The van der Waals surface area contributed by atoms with Gasteiger partial charge in [0.2, 0.25) is 0 Å². The number of aliphatic imine (C=N–C) groups is 1. The predicted octanol–water partition coefficient (Wildman–Crippen LogP) is 2.70. The molecule has 3 aromatic heterocycles. The zero-order chi connectivity index (χ0) is 15.7. The van der Waals surface area contributed by atoms with Crippen molar-refractivity contribution in [3.8, 4) is 11.3 Å². The minimum atomic E-state index is -0.0757. The van der Waals surface area contributed by atoms with Crippen molar-refractivity contribution >= 4 is 23.7 Å². The third-order valence-electron chi connectivity index (χ3n) is 3.69. The minimum absolute atomic E-state index is 0.0757. The summed E-state index contributed by atoms with van der Waals surface area (Å²) in [6.45, 7) is 7.95. The Morgan fingerprint density at radius 3 is 2.77 bits per heavy atom. The van der Waals surface area contributed by atoms with E-state index >= 15 is 0 Å². The molecule has 0 radical (unpaired) electrons. The number of rotatable bonds is 4. The molecule has 0 amide bonds. The molecule has 1 N–H and O–H groups in total. The SMILES string of the molecule is C=Nc1nc(CC)c2cc(-c3ccc[nH]3)c(=O)n(CC)c2n1. The Labute approximate surface area is 127 Å². The lowest BCUT2D eigenvalue weighted by molar-refractivity contribution is 0.748. The maximum absolute atomic E-state index is 12.7. The second-order valence-corrected chi connectivity index (χ2v) is 4.91. The van der Waals surface area contributed by atoms with Gasteiger partial charge >= 0.3 is 0 Å². The summed E-state index contributed by atoms with van der Waals surface area (Å²) in [7, 11) is 0. The number of nitrogens with zero attached hydrogens (tertiary/aromatic N) is 4. The highest BCUT2D eigenvalue weighted by molar-refractivity contribution is 5.83. The van der Waals surface area contributed by atoms with Gasteiger partial charge in [0.15, 0.2) is 0 Å². The topological polar surface area (TPSA) is 75.9 Å². The third-order valence-corrected chi connectivity index (χ3v) is 3.69. The molecule has 3 aromatic rings. The van der Waals surface area contributed by atoms with E-state index in [1.165, 1.54) is 0 Å². The summed E-state index contributed by atoms with van der Waals surface area (Å²) in [5, 5.41) is 0.876. The molecule has 0 aliphatic rings. The van der Waals surface area contributed by atoms with Crippen LogP contribution in [0.2, 0.25) is 0 Å². The van der Waals surface area contributed by atoms with Crippen LogP contribution in [-0.2, 0) is 13.0 Å². The average Bonchev–Trinajstić information content (AvgIpc) is 3.07. The molecule has 6 nitrogen and oxygen atoms in total. The lowest BCUT2D eigenvalue weighted by Crippen LogP contribution is -2.22. The van der Waals surface area contributed by atoms with Crippen molar-refractivity contribution in [2.45, 2.75) is 26.8 Å². The zero-order valence-corrected chi connectivity index (χ0v) is 12.6. The Morgan fingerprint density at radius 2 is 2.18 bits per heavy atom. The maximum atomic E-state index is 12.7. The summed E-state index contributed by atoms with van der Waals surface area (Å²) in [5.74, 6) is 0.304. The number of pyridine rings is 1. The van der Waals surface area contributed by atoms with E-state index in [2.05, 4.69) is 26.7 Å². The number of aromatic amines is 1. The molecule has 0 spiro atoms. The fourth-order valence-corrected chi connectivity index (χ4v) is 2.62. The van der Waals surface area contributed by atoms with E-state index in [1.54, 1.807) is 10.8 Å². The Kier molecular flexibility index (Phi) is 3.58. The van der Waals surface area contributed by atoms with Gasteiger partial charge in [0.1, 0.15) is 5.65 Å². The number of aryl methyl sites for hydroxylation is 2. The van der Waals surface area contributed by atoms with E-state index in [-0.39, 0.29) is 5.56 Å². The van der Waals surface area contributed by atoms with E-state index in [4.69, 9.17) is 0 Å². The van der Waals surface area contributed by atoms with Crippen LogP contribution >= 0.6 is 0 Å². The number of aromatic nitrogens is 4. The Morgan fingerprint density at radius 1 is 1.36 bits per heavy atom. The highest BCUT2D eigenvalue weighted by atomic mass is 16.1. The van der Waals surface area contributed by atoms with Crippen molar-refractivity contribution < 1.29 is 0 Å². The van der Waals surface area contributed by atoms with Crippen LogP contribution in [0.4, 0.5) is 5.95 Å². The molecular formula is C16H17N5O. The molecule has 0 aliphatic heterocycles. The molecular weight excluding hydrogens is 278 g/mol. The highest BCUT2D eigenvalue weighted by Crippen LogP contribution is 2.23. The predicted molar refractivity (Wildman–Crippen MR) is 87.8 cm³/mol. The van der Waals surface area contributed by atoms with Crippen LogP contribution in [0.3, 0.4) is 0 Å². The minimum Gasteiger partial charge on any atom is -0.361 e. The van der Waals surface area contributed by atoms with E-state index in [0.29, 0.717) is 23.7 Å². The summed E-state index contributed by atoms with van der Waals surface area (Å²) in [6, 6.07) is 5.62. The van der Waals surface area contributed by atoms with Gasteiger partial charge in [0, 0.05) is 18.1 Å². The number of H-pyrrole nitrogens is 1. The zero-order valence-electron chi connectivity index (χ0n) is 12.6. The molecule has 0 saturated carbocycles. The van der Waals surface area contributed by atoms with Gasteiger partial charge < -0.3 is 4.98 Å². The molecule has 0 saturated heterocycles. The average molecular weight is 295 g/mol. The van der Waals surface area contributed by atoms with E-state index in [9.17, 15) is 4.79 Å². The normalized spacial score (nSPS) is 11.0. The first kappa shape index (κ1) is 14.2. The fourth-order valence-electron chi connectivity index (χ4n) is 2.62. The number of hydrogen-bond acceptors (Lipinski definition) is 4. The second-order valence-electron chi connectivity index (χ2n) is 4.91. The van der Waals surface area contributed by atoms with Crippen molar-refractivity contribution in [3.05, 3.63) is 40.4 Å². The quantitative estimate of drug-likeness (QED) is 0.752. The van der Waals surface area contributed by atoms with E-state index in [1.807, 2.05) is 32.0 Å². The molecule has 0 bridgehead atoms. The maximum Gasteiger partial charge on any atom is 0.261 e. The van der Waals surface area contributed by atoms with Gasteiger partial charge in [-0.15, -0.1) is 0 Å². The number of fused-ring (bicyclic) bond motifs is 1. The van der Waals surface area contributed by atoms with Gasteiger partial charge in [-0.25, -0.2) is 9.98 Å². The molecule has 0 aromatic carbocycles. The van der Waals surface area contributed by atoms with Crippen molar-refractivity contribution in [1.82, 2.24) is 19.5 Å². The third kappa shape index (κ3) is 2.13. The summed E-state index contributed by atoms with van der Waals surface area (Å²) in [5.41, 5.74) is 2.81. The van der Waals surface area contributed by atoms with Crippen LogP contribution in [0.1, 0.15) is 19.5 Å². The molecule has 0 unspecified atom stereocenters. The number of hydrogen-bond donors (Lipinski definition) is 1. The highest BCUT2D eigenvalue weighted by Gasteiger charge is 2.15. The van der Waals surface area contributed by atoms with E-state index in [0.717, 1.165) is 23.2 Å². The van der Waals surface area contributed by atoms with Crippen LogP contribution < -0.4 is 5.56 Å².